The monoisotopic (exact) mass is 229 g/mol. The van der Waals surface area contributed by atoms with Gasteiger partial charge >= 0.3 is 6.18 Å². The lowest BCUT2D eigenvalue weighted by Crippen LogP contribution is -2.39. The van der Waals surface area contributed by atoms with Crippen molar-refractivity contribution in [2.45, 2.75) is 32.0 Å². The van der Waals surface area contributed by atoms with E-state index >= 15 is 0 Å². The maximum absolute atomic E-state index is 12.7. The van der Waals surface area contributed by atoms with Gasteiger partial charge in [0.2, 0.25) is 0 Å². The highest BCUT2D eigenvalue weighted by atomic mass is 19.4. The number of nitrogens with one attached hydrogen (secondary N) is 1. The minimum Gasteiger partial charge on any atom is -0.302 e. The molecule has 88 valence electrons. The molecule has 0 spiro atoms. The molecule has 1 aromatic rings. The van der Waals surface area contributed by atoms with Crippen LogP contribution in [0.1, 0.15) is 29.7 Å². The van der Waals surface area contributed by atoms with Crippen molar-refractivity contribution in [3.63, 3.8) is 0 Å². The Balaban J connectivity index is 2.40. The van der Waals surface area contributed by atoms with E-state index in [1.165, 1.54) is 0 Å². The van der Waals surface area contributed by atoms with Crippen LogP contribution in [0.2, 0.25) is 0 Å². The van der Waals surface area contributed by atoms with Gasteiger partial charge in [0.15, 0.2) is 0 Å². The number of aryl methyl sites for hydroxylation is 1. The summed E-state index contributed by atoms with van der Waals surface area (Å²) in [5.41, 5.74) is 2.32. The average Bonchev–Trinajstić information content (AvgIpc) is 2.26. The Morgan fingerprint density at radius 3 is 2.75 bits per heavy atom. The van der Waals surface area contributed by atoms with Crippen LogP contribution < -0.4 is 5.32 Å². The molecule has 0 aliphatic carbocycles. The van der Waals surface area contributed by atoms with Gasteiger partial charge in [0.25, 0.3) is 0 Å². The molecule has 0 fully saturated rings. The first-order valence-corrected chi connectivity index (χ1v) is 5.44. The quantitative estimate of drug-likeness (QED) is 0.780. The highest BCUT2D eigenvalue weighted by Gasteiger charge is 2.42. The molecule has 2 rings (SSSR count). The van der Waals surface area contributed by atoms with E-state index in [4.69, 9.17) is 0 Å². The molecule has 1 unspecified atom stereocenters. The summed E-state index contributed by atoms with van der Waals surface area (Å²) in [6.45, 7) is 2.40. The maximum atomic E-state index is 12.7. The van der Waals surface area contributed by atoms with Gasteiger partial charge in [-0.15, -0.1) is 0 Å². The van der Waals surface area contributed by atoms with E-state index in [0.29, 0.717) is 18.5 Å². The molecule has 1 N–H and O–H groups in total. The minimum absolute atomic E-state index is 0.385. The molecule has 0 aromatic heterocycles. The SMILES string of the molecule is CCc1ccc2c(c1)CCNC2C(F)(F)F. The highest BCUT2D eigenvalue weighted by Crippen LogP contribution is 2.36. The zero-order valence-corrected chi connectivity index (χ0v) is 9.06. The third kappa shape index (κ3) is 2.07. The Kier molecular flexibility index (Phi) is 2.93. The van der Waals surface area contributed by atoms with Crippen LogP contribution in [0.25, 0.3) is 0 Å². The zero-order valence-electron chi connectivity index (χ0n) is 9.06. The van der Waals surface area contributed by atoms with Crippen LogP contribution in [0.3, 0.4) is 0 Å². The molecule has 0 radical (unpaired) electrons. The Hall–Kier alpha value is -1.03. The van der Waals surface area contributed by atoms with Crippen LogP contribution in [0.15, 0.2) is 18.2 Å². The fourth-order valence-corrected chi connectivity index (χ4v) is 2.13. The number of hydrogen-bond donors (Lipinski definition) is 1. The molecule has 1 aromatic carbocycles. The van der Waals surface area contributed by atoms with Gasteiger partial charge in [0.05, 0.1) is 0 Å². The van der Waals surface area contributed by atoms with Crippen molar-refractivity contribution in [3.05, 3.63) is 34.9 Å². The van der Waals surface area contributed by atoms with Crippen molar-refractivity contribution < 1.29 is 13.2 Å². The summed E-state index contributed by atoms with van der Waals surface area (Å²) in [6, 6.07) is 3.79. The van der Waals surface area contributed by atoms with Gasteiger partial charge in [-0.25, -0.2) is 0 Å². The van der Waals surface area contributed by atoms with Gasteiger partial charge in [-0.05, 0) is 29.5 Å². The van der Waals surface area contributed by atoms with E-state index in [1.54, 1.807) is 12.1 Å². The summed E-state index contributed by atoms with van der Waals surface area (Å²) in [4.78, 5) is 0. The lowest BCUT2D eigenvalue weighted by Gasteiger charge is -2.29. The summed E-state index contributed by atoms with van der Waals surface area (Å²) in [5.74, 6) is 0. The fourth-order valence-electron chi connectivity index (χ4n) is 2.13. The van der Waals surface area contributed by atoms with Crippen LogP contribution in [-0.4, -0.2) is 12.7 Å². The second-order valence-corrected chi connectivity index (χ2v) is 4.07. The number of alkyl halides is 3. The Labute approximate surface area is 92.7 Å². The van der Waals surface area contributed by atoms with E-state index in [2.05, 4.69) is 5.32 Å². The van der Waals surface area contributed by atoms with E-state index < -0.39 is 12.2 Å². The molecular formula is C12H14F3N. The lowest BCUT2D eigenvalue weighted by atomic mass is 9.92. The van der Waals surface area contributed by atoms with Crippen molar-refractivity contribution in [2.24, 2.45) is 0 Å². The molecule has 1 heterocycles. The molecule has 16 heavy (non-hydrogen) atoms. The van der Waals surface area contributed by atoms with Crippen LogP contribution in [0, 0.1) is 0 Å². The van der Waals surface area contributed by atoms with Crippen LogP contribution >= 0.6 is 0 Å². The minimum atomic E-state index is -4.21. The van der Waals surface area contributed by atoms with Gasteiger partial charge in [-0.1, -0.05) is 25.1 Å². The van der Waals surface area contributed by atoms with Gasteiger partial charge in [-0.2, -0.15) is 13.2 Å². The van der Waals surface area contributed by atoms with Crippen LogP contribution in [0.4, 0.5) is 13.2 Å². The Morgan fingerprint density at radius 2 is 2.12 bits per heavy atom. The van der Waals surface area contributed by atoms with E-state index in [1.807, 2.05) is 13.0 Å². The van der Waals surface area contributed by atoms with Crippen LogP contribution in [-0.2, 0) is 12.8 Å². The van der Waals surface area contributed by atoms with Crippen molar-refractivity contribution in [2.75, 3.05) is 6.54 Å². The largest absolute Gasteiger partial charge is 0.407 e. The summed E-state index contributed by atoms with van der Waals surface area (Å²) < 4.78 is 38.2. The van der Waals surface area contributed by atoms with Gasteiger partial charge < -0.3 is 5.32 Å². The van der Waals surface area contributed by atoms with Crippen molar-refractivity contribution in [1.82, 2.24) is 5.32 Å². The molecule has 1 aliphatic rings. The number of fused-ring (bicyclic) bond motifs is 1. The van der Waals surface area contributed by atoms with E-state index in [9.17, 15) is 13.2 Å². The summed E-state index contributed by atoms with van der Waals surface area (Å²) in [7, 11) is 0. The molecule has 4 heteroatoms. The molecule has 1 atom stereocenters. The predicted octanol–water partition coefficient (Wildman–Crippen LogP) is 3.00. The fraction of sp³-hybridized carbons (Fsp3) is 0.500. The molecule has 1 nitrogen and oxygen atoms in total. The molecule has 0 bridgehead atoms. The molecule has 0 saturated heterocycles. The van der Waals surface area contributed by atoms with E-state index in [-0.39, 0.29) is 0 Å². The highest BCUT2D eigenvalue weighted by molar-refractivity contribution is 5.37. The summed E-state index contributed by atoms with van der Waals surface area (Å²) in [5, 5.41) is 2.53. The second-order valence-electron chi connectivity index (χ2n) is 4.07. The van der Waals surface area contributed by atoms with Crippen molar-refractivity contribution in [3.8, 4) is 0 Å². The van der Waals surface area contributed by atoms with Gasteiger partial charge in [0, 0.05) is 6.54 Å². The van der Waals surface area contributed by atoms with Crippen molar-refractivity contribution >= 4 is 0 Å². The predicted molar refractivity (Wildman–Crippen MR) is 56.3 cm³/mol. The Bertz CT molecular complexity index is 384. The maximum Gasteiger partial charge on any atom is 0.407 e. The summed E-state index contributed by atoms with van der Waals surface area (Å²) >= 11 is 0. The second kappa shape index (κ2) is 4.09. The lowest BCUT2D eigenvalue weighted by molar-refractivity contribution is -0.158. The van der Waals surface area contributed by atoms with E-state index in [0.717, 1.165) is 17.5 Å². The zero-order chi connectivity index (χ0) is 11.8. The smallest absolute Gasteiger partial charge is 0.302 e. The molecule has 0 saturated carbocycles. The molecular weight excluding hydrogens is 215 g/mol. The number of halogens is 3. The first kappa shape index (κ1) is 11.5. The van der Waals surface area contributed by atoms with Gasteiger partial charge in [-0.3, -0.25) is 0 Å². The first-order chi connectivity index (χ1) is 7.52. The molecule has 0 amide bonds. The standard InChI is InChI=1S/C12H14F3N/c1-2-8-3-4-10-9(7-8)5-6-16-11(10)12(13,14)15/h3-4,7,11,16H,2,5-6H2,1H3. The Morgan fingerprint density at radius 1 is 1.38 bits per heavy atom. The van der Waals surface area contributed by atoms with Crippen molar-refractivity contribution in [1.29, 1.82) is 0 Å². The number of benzene rings is 1. The average molecular weight is 229 g/mol. The first-order valence-electron chi connectivity index (χ1n) is 5.44. The number of rotatable bonds is 1. The normalized spacial score (nSPS) is 20.6. The summed E-state index contributed by atoms with van der Waals surface area (Å²) in [6.07, 6.45) is -2.67. The van der Waals surface area contributed by atoms with Gasteiger partial charge in [0.1, 0.15) is 6.04 Å². The van der Waals surface area contributed by atoms with Crippen LogP contribution in [0.5, 0.6) is 0 Å². The third-order valence-electron chi connectivity index (χ3n) is 3.00. The number of hydrogen-bond acceptors (Lipinski definition) is 1. The third-order valence-corrected chi connectivity index (χ3v) is 3.00. The molecule has 1 aliphatic heterocycles. The topological polar surface area (TPSA) is 12.0 Å².